The lowest BCUT2D eigenvalue weighted by Gasteiger charge is -2.26. The Morgan fingerprint density at radius 3 is 2.50 bits per heavy atom. The molecule has 0 bridgehead atoms. The van der Waals surface area contributed by atoms with Gasteiger partial charge in [-0.05, 0) is 79.6 Å². The van der Waals surface area contributed by atoms with Gasteiger partial charge in [0.05, 0.1) is 30.2 Å². The number of carbonyl (C=O) groups excluding carboxylic acids is 1. The predicted molar refractivity (Wildman–Crippen MR) is 158 cm³/mol. The van der Waals surface area contributed by atoms with E-state index in [-0.39, 0.29) is 23.6 Å². The van der Waals surface area contributed by atoms with Gasteiger partial charge in [-0.3, -0.25) is 9.59 Å². The Hall–Kier alpha value is -3.77. The zero-order chi connectivity index (χ0) is 28.6. The van der Waals surface area contributed by atoms with Crippen LogP contribution in [0.5, 0.6) is 11.5 Å². The van der Waals surface area contributed by atoms with Crippen molar-refractivity contribution in [3.8, 4) is 11.5 Å². The van der Waals surface area contributed by atoms with Crippen LogP contribution in [0.4, 0.5) is 0 Å². The Labute approximate surface area is 239 Å². The molecule has 208 valence electrons. The minimum absolute atomic E-state index is 0.0664. The van der Waals surface area contributed by atoms with Crippen LogP contribution >= 0.6 is 11.6 Å². The number of rotatable bonds is 9. The van der Waals surface area contributed by atoms with E-state index in [0.717, 1.165) is 28.7 Å². The number of halogens is 1. The first kappa shape index (κ1) is 27.8. The van der Waals surface area contributed by atoms with Gasteiger partial charge >= 0.3 is 0 Å². The molecule has 1 aromatic heterocycles. The second kappa shape index (κ2) is 11.4. The van der Waals surface area contributed by atoms with E-state index in [2.05, 4.69) is 13.8 Å². The SMILES string of the molecule is CCOc1cc(C2c3c(oc4c(C)cc(C)cc4c3=O)C(=O)N2Cc2ccccc2Cl)ccc1OCCC(C)C. The molecule has 0 saturated carbocycles. The summed E-state index contributed by atoms with van der Waals surface area (Å²) in [5, 5.41) is 1.01. The maximum Gasteiger partial charge on any atom is 0.291 e. The van der Waals surface area contributed by atoms with Crippen molar-refractivity contribution in [2.75, 3.05) is 13.2 Å². The molecule has 0 saturated heterocycles. The fourth-order valence-electron chi connectivity index (χ4n) is 5.28. The third-order valence-corrected chi connectivity index (χ3v) is 7.60. The first-order chi connectivity index (χ1) is 19.2. The molecule has 0 radical (unpaired) electrons. The molecule has 3 aromatic carbocycles. The van der Waals surface area contributed by atoms with Crippen molar-refractivity contribution < 1.29 is 18.7 Å². The summed E-state index contributed by atoms with van der Waals surface area (Å²) in [6.45, 7) is 11.2. The van der Waals surface area contributed by atoms with Crippen LogP contribution in [-0.2, 0) is 6.54 Å². The predicted octanol–water partition coefficient (Wildman–Crippen LogP) is 7.63. The third-order valence-electron chi connectivity index (χ3n) is 7.23. The third kappa shape index (κ3) is 5.20. The molecule has 1 aliphatic heterocycles. The standard InChI is InChI=1S/C33H34ClNO5/c1-6-38-27-17-22(11-12-26(27)39-14-13-19(2)3)29-28-30(36)24-16-20(4)15-21(5)31(24)40-32(28)33(37)35(29)18-23-9-7-8-10-25(23)34/h7-12,15-17,19,29H,6,13-14,18H2,1-5H3. The molecule has 4 aromatic rings. The number of benzene rings is 3. The molecule has 1 unspecified atom stereocenters. The summed E-state index contributed by atoms with van der Waals surface area (Å²) in [7, 11) is 0. The van der Waals surface area contributed by atoms with Crippen LogP contribution in [-0.4, -0.2) is 24.0 Å². The van der Waals surface area contributed by atoms with E-state index in [9.17, 15) is 9.59 Å². The minimum atomic E-state index is -0.691. The maximum atomic E-state index is 14.1. The first-order valence-electron chi connectivity index (χ1n) is 13.7. The van der Waals surface area contributed by atoms with E-state index in [1.807, 2.05) is 69.3 Å². The van der Waals surface area contributed by atoms with E-state index in [1.165, 1.54) is 0 Å². The summed E-state index contributed by atoms with van der Waals surface area (Å²) >= 11 is 6.51. The molecule has 2 heterocycles. The monoisotopic (exact) mass is 559 g/mol. The van der Waals surface area contributed by atoms with Crippen molar-refractivity contribution >= 4 is 28.5 Å². The molecule has 5 rings (SSSR count). The van der Waals surface area contributed by atoms with Gasteiger partial charge in [-0.25, -0.2) is 0 Å². The summed E-state index contributed by atoms with van der Waals surface area (Å²) < 4.78 is 18.2. The van der Waals surface area contributed by atoms with E-state index in [4.69, 9.17) is 25.5 Å². The lowest BCUT2D eigenvalue weighted by atomic mass is 9.96. The Kier molecular flexibility index (Phi) is 7.90. The molecule has 1 amide bonds. The maximum absolute atomic E-state index is 14.1. The summed E-state index contributed by atoms with van der Waals surface area (Å²) in [6.07, 6.45) is 0.913. The smallest absolute Gasteiger partial charge is 0.291 e. The van der Waals surface area contributed by atoms with Crippen molar-refractivity contribution in [2.45, 2.75) is 53.6 Å². The summed E-state index contributed by atoms with van der Waals surface area (Å²) in [5.41, 5.74) is 3.82. The van der Waals surface area contributed by atoms with Crippen LogP contribution in [0.1, 0.15) is 71.6 Å². The highest BCUT2D eigenvalue weighted by molar-refractivity contribution is 6.31. The van der Waals surface area contributed by atoms with Crippen molar-refractivity contribution in [1.29, 1.82) is 0 Å². The van der Waals surface area contributed by atoms with E-state index >= 15 is 0 Å². The number of carbonyl (C=O) groups is 1. The highest BCUT2D eigenvalue weighted by atomic mass is 35.5. The highest BCUT2D eigenvalue weighted by Gasteiger charge is 2.43. The van der Waals surface area contributed by atoms with Gasteiger partial charge in [-0.1, -0.05) is 55.8 Å². The van der Waals surface area contributed by atoms with Crippen LogP contribution < -0.4 is 14.9 Å². The number of nitrogens with zero attached hydrogens (tertiary/aromatic N) is 1. The molecule has 1 aliphatic rings. The van der Waals surface area contributed by atoms with Gasteiger partial charge in [-0.2, -0.15) is 0 Å². The van der Waals surface area contributed by atoms with E-state index in [1.54, 1.807) is 11.0 Å². The molecule has 1 atom stereocenters. The average Bonchev–Trinajstić information content (AvgIpc) is 3.18. The van der Waals surface area contributed by atoms with Gasteiger partial charge in [0.1, 0.15) is 5.58 Å². The largest absolute Gasteiger partial charge is 0.490 e. The lowest BCUT2D eigenvalue weighted by Crippen LogP contribution is -2.29. The number of hydrogen-bond acceptors (Lipinski definition) is 5. The molecule has 7 heteroatoms. The number of amides is 1. The summed E-state index contributed by atoms with van der Waals surface area (Å²) in [5.74, 6) is 1.42. The zero-order valence-electron chi connectivity index (χ0n) is 23.5. The Morgan fingerprint density at radius 1 is 1.00 bits per heavy atom. The topological polar surface area (TPSA) is 69.0 Å². The van der Waals surface area contributed by atoms with Gasteiger partial charge in [0.2, 0.25) is 5.76 Å². The second-order valence-electron chi connectivity index (χ2n) is 10.7. The Balaban J connectivity index is 1.68. The fraction of sp³-hybridized carbons (Fsp3) is 0.333. The van der Waals surface area contributed by atoms with Gasteiger partial charge < -0.3 is 18.8 Å². The van der Waals surface area contributed by atoms with Gasteiger partial charge in [0.25, 0.3) is 5.91 Å². The molecule has 6 nitrogen and oxygen atoms in total. The van der Waals surface area contributed by atoms with Crippen LogP contribution in [0.25, 0.3) is 11.0 Å². The molecule has 0 N–H and O–H groups in total. The summed E-state index contributed by atoms with van der Waals surface area (Å²) in [6, 6.07) is 16.1. The zero-order valence-corrected chi connectivity index (χ0v) is 24.3. The van der Waals surface area contributed by atoms with Crippen molar-refractivity contribution in [3.63, 3.8) is 0 Å². The fourth-order valence-corrected chi connectivity index (χ4v) is 5.48. The van der Waals surface area contributed by atoms with Crippen LogP contribution in [0.3, 0.4) is 0 Å². The first-order valence-corrected chi connectivity index (χ1v) is 14.1. The summed E-state index contributed by atoms with van der Waals surface area (Å²) in [4.78, 5) is 29.7. The highest BCUT2D eigenvalue weighted by Crippen LogP contribution is 2.42. The van der Waals surface area contributed by atoms with Gasteiger partial charge in [-0.15, -0.1) is 0 Å². The van der Waals surface area contributed by atoms with Crippen LogP contribution in [0, 0.1) is 19.8 Å². The van der Waals surface area contributed by atoms with E-state index in [0.29, 0.717) is 52.2 Å². The van der Waals surface area contributed by atoms with Crippen molar-refractivity contribution in [2.24, 2.45) is 5.92 Å². The Morgan fingerprint density at radius 2 is 1.77 bits per heavy atom. The molecule has 0 spiro atoms. The molecule has 0 aliphatic carbocycles. The number of ether oxygens (including phenoxy) is 2. The number of aryl methyl sites for hydroxylation is 2. The van der Waals surface area contributed by atoms with Crippen molar-refractivity contribution in [1.82, 2.24) is 4.90 Å². The van der Waals surface area contributed by atoms with Crippen LogP contribution in [0.2, 0.25) is 5.02 Å². The number of fused-ring (bicyclic) bond motifs is 2. The lowest BCUT2D eigenvalue weighted by molar-refractivity contribution is 0.0714. The van der Waals surface area contributed by atoms with Gasteiger partial charge in [0, 0.05) is 11.6 Å². The average molecular weight is 560 g/mol. The second-order valence-corrected chi connectivity index (χ2v) is 11.1. The Bertz CT molecular complexity index is 1640. The number of hydrogen-bond donors (Lipinski definition) is 0. The normalized spacial score (nSPS) is 14.7. The minimum Gasteiger partial charge on any atom is -0.490 e. The van der Waals surface area contributed by atoms with E-state index < -0.39 is 6.04 Å². The van der Waals surface area contributed by atoms with Crippen LogP contribution in [0.15, 0.2) is 63.8 Å². The molecule has 0 fully saturated rings. The van der Waals surface area contributed by atoms with Crippen molar-refractivity contribution in [3.05, 3.63) is 103 Å². The molecular weight excluding hydrogens is 526 g/mol. The quantitative estimate of drug-likeness (QED) is 0.211. The molecular formula is C33H34ClNO5. The van der Waals surface area contributed by atoms with Gasteiger partial charge in [0.15, 0.2) is 16.9 Å². The molecule has 40 heavy (non-hydrogen) atoms.